The average Bonchev–Trinajstić information content (AvgIpc) is 2.78. The number of halogens is 1. The zero-order valence-electron chi connectivity index (χ0n) is 10.4. The van der Waals surface area contributed by atoms with E-state index in [0.29, 0.717) is 17.6 Å². The molecule has 0 fully saturated rings. The molecule has 2 N–H and O–H groups in total. The van der Waals surface area contributed by atoms with Crippen LogP contribution in [0.25, 0.3) is 11.4 Å². The van der Waals surface area contributed by atoms with Crippen molar-refractivity contribution in [3.05, 3.63) is 24.2 Å². The summed E-state index contributed by atoms with van der Waals surface area (Å²) in [6.45, 7) is 3.60. The van der Waals surface area contributed by atoms with E-state index in [-0.39, 0.29) is 12.4 Å². The molecule has 6 nitrogen and oxygen atoms in total. The third-order valence-corrected chi connectivity index (χ3v) is 2.18. The molecule has 0 radical (unpaired) electrons. The van der Waals surface area contributed by atoms with Gasteiger partial charge in [0.05, 0.1) is 12.6 Å². The van der Waals surface area contributed by atoms with Crippen molar-refractivity contribution in [3.8, 4) is 17.3 Å². The fraction of sp³-hybridized carbons (Fsp3) is 0.364. The molecular formula is C11H15ClN4O2. The molecule has 18 heavy (non-hydrogen) atoms. The summed E-state index contributed by atoms with van der Waals surface area (Å²) < 4.78 is 10.1. The van der Waals surface area contributed by atoms with Crippen LogP contribution in [0.15, 0.2) is 22.9 Å². The van der Waals surface area contributed by atoms with Gasteiger partial charge in [0.25, 0.3) is 0 Å². The molecule has 0 bridgehead atoms. The second-order valence-electron chi connectivity index (χ2n) is 4.23. The molecule has 0 atom stereocenters. The van der Waals surface area contributed by atoms with Crippen molar-refractivity contribution in [2.24, 2.45) is 5.73 Å². The Balaban J connectivity index is 0.00000162. The fourth-order valence-electron chi connectivity index (χ4n) is 1.24. The second kappa shape index (κ2) is 5.32. The van der Waals surface area contributed by atoms with Crippen molar-refractivity contribution in [1.82, 2.24) is 15.1 Å². The van der Waals surface area contributed by atoms with Crippen molar-refractivity contribution in [3.63, 3.8) is 0 Å². The third kappa shape index (κ3) is 2.96. The summed E-state index contributed by atoms with van der Waals surface area (Å²) in [7, 11) is 1.56. The first-order chi connectivity index (χ1) is 8.00. The lowest BCUT2D eigenvalue weighted by Crippen LogP contribution is -2.28. The van der Waals surface area contributed by atoms with Gasteiger partial charge in [-0.05, 0) is 19.9 Å². The van der Waals surface area contributed by atoms with Crippen LogP contribution in [-0.2, 0) is 5.54 Å². The number of aromatic nitrogens is 3. The van der Waals surface area contributed by atoms with Crippen LogP contribution in [0.2, 0.25) is 0 Å². The minimum Gasteiger partial charge on any atom is -0.481 e. The average molecular weight is 271 g/mol. The quantitative estimate of drug-likeness (QED) is 0.914. The van der Waals surface area contributed by atoms with E-state index in [9.17, 15) is 0 Å². The standard InChI is InChI=1S/C11H14N4O2.ClH/c1-11(2,12)10-14-9(15-17-10)7-4-5-8(16-3)13-6-7;/h4-6H,12H2,1-3H3;1H. The minimum atomic E-state index is -0.648. The molecule has 0 aliphatic rings. The fourth-order valence-corrected chi connectivity index (χ4v) is 1.24. The van der Waals surface area contributed by atoms with Gasteiger partial charge >= 0.3 is 0 Å². The maximum atomic E-state index is 5.86. The van der Waals surface area contributed by atoms with E-state index in [4.69, 9.17) is 15.0 Å². The van der Waals surface area contributed by atoms with Crippen LogP contribution in [-0.4, -0.2) is 22.2 Å². The molecule has 2 heterocycles. The van der Waals surface area contributed by atoms with E-state index in [0.717, 1.165) is 5.56 Å². The summed E-state index contributed by atoms with van der Waals surface area (Å²) >= 11 is 0. The molecule has 7 heteroatoms. The lowest BCUT2D eigenvalue weighted by atomic mass is 10.1. The molecule has 2 rings (SSSR count). The molecule has 98 valence electrons. The highest BCUT2D eigenvalue weighted by Crippen LogP contribution is 2.20. The predicted octanol–water partition coefficient (Wildman–Crippen LogP) is 1.76. The summed E-state index contributed by atoms with van der Waals surface area (Å²) in [5.41, 5.74) is 5.97. The molecule has 0 aromatic carbocycles. The van der Waals surface area contributed by atoms with Crippen molar-refractivity contribution in [2.75, 3.05) is 7.11 Å². The topological polar surface area (TPSA) is 87.1 Å². The highest BCUT2D eigenvalue weighted by molar-refractivity contribution is 5.85. The molecule has 2 aromatic heterocycles. The molecule has 0 unspecified atom stereocenters. The maximum absolute atomic E-state index is 5.86. The number of methoxy groups -OCH3 is 1. The Morgan fingerprint density at radius 3 is 2.50 bits per heavy atom. The maximum Gasteiger partial charge on any atom is 0.246 e. The van der Waals surface area contributed by atoms with Gasteiger partial charge < -0.3 is 15.0 Å². The smallest absolute Gasteiger partial charge is 0.246 e. The van der Waals surface area contributed by atoms with Crippen LogP contribution in [0.1, 0.15) is 19.7 Å². The van der Waals surface area contributed by atoms with Gasteiger partial charge in [0.2, 0.25) is 17.6 Å². The molecular weight excluding hydrogens is 256 g/mol. The van der Waals surface area contributed by atoms with Gasteiger partial charge in [-0.3, -0.25) is 0 Å². The summed E-state index contributed by atoms with van der Waals surface area (Å²) in [4.78, 5) is 8.29. The number of pyridine rings is 1. The number of hydrogen-bond donors (Lipinski definition) is 1. The Hall–Kier alpha value is -1.66. The van der Waals surface area contributed by atoms with Gasteiger partial charge in [0.1, 0.15) is 0 Å². The lowest BCUT2D eigenvalue weighted by Gasteiger charge is -2.10. The number of nitrogens with zero attached hydrogens (tertiary/aromatic N) is 3. The summed E-state index contributed by atoms with van der Waals surface area (Å²) in [6, 6.07) is 3.54. The lowest BCUT2D eigenvalue weighted by molar-refractivity contribution is 0.312. The molecule has 0 aliphatic heterocycles. The molecule has 0 saturated carbocycles. The highest BCUT2D eigenvalue weighted by Gasteiger charge is 2.22. The van der Waals surface area contributed by atoms with Gasteiger partial charge in [-0.2, -0.15) is 4.98 Å². The van der Waals surface area contributed by atoms with Crippen LogP contribution in [0.3, 0.4) is 0 Å². The number of rotatable bonds is 3. The highest BCUT2D eigenvalue weighted by atomic mass is 35.5. The van der Waals surface area contributed by atoms with Crippen molar-refractivity contribution in [2.45, 2.75) is 19.4 Å². The molecule has 0 spiro atoms. The Labute approximate surface area is 111 Å². The largest absolute Gasteiger partial charge is 0.481 e. The van der Waals surface area contributed by atoms with E-state index < -0.39 is 5.54 Å². The molecule has 2 aromatic rings. The minimum absolute atomic E-state index is 0. The van der Waals surface area contributed by atoms with E-state index in [1.54, 1.807) is 33.2 Å². The van der Waals surface area contributed by atoms with Gasteiger partial charge in [0, 0.05) is 17.8 Å². The van der Waals surface area contributed by atoms with E-state index >= 15 is 0 Å². The van der Waals surface area contributed by atoms with Gasteiger partial charge in [-0.15, -0.1) is 12.4 Å². The first-order valence-corrected chi connectivity index (χ1v) is 5.14. The first-order valence-electron chi connectivity index (χ1n) is 5.14. The monoisotopic (exact) mass is 270 g/mol. The van der Waals surface area contributed by atoms with Crippen LogP contribution in [0.5, 0.6) is 5.88 Å². The summed E-state index contributed by atoms with van der Waals surface area (Å²) in [5.74, 6) is 1.40. The molecule has 0 saturated heterocycles. The van der Waals surface area contributed by atoms with Crippen LogP contribution in [0, 0.1) is 0 Å². The number of hydrogen-bond acceptors (Lipinski definition) is 6. The van der Waals surface area contributed by atoms with Gasteiger partial charge in [0.15, 0.2) is 0 Å². The molecule has 0 aliphatic carbocycles. The van der Waals surface area contributed by atoms with Gasteiger partial charge in [-0.25, -0.2) is 4.98 Å². The Bertz CT molecular complexity index is 505. The van der Waals surface area contributed by atoms with Crippen molar-refractivity contribution in [1.29, 1.82) is 0 Å². The number of nitrogens with two attached hydrogens (primary N) is 1. The SMILES string of the molecule is COc1ccc(-c2noc(C(C)(C)N)n2)cn1.Cl. The normalized spacial score (nSPS) is 10.9. The Kier molecular flexibility index (Phi) is 4.26. The zero-order valence-corrected chi connectivity index (χ0v) is 11.2. The van der Waals surface area contributed by atoms with E-state index in [1.807, 2.05) is 6.07 Å². The predicted molar refractivity (Wildman–Crippen MR) is 68.5 cm³/mol. The summed E-state index contributed by atoms with van der Waals surface area (Å²) in [5, 5.41) is 3.86. The first kappa shape index (κ1) is 14.4. The van der Waals surface area contributed by atoms with E-state index in [1.165, 1.54) is 0 Å². The summed E-state index contributed by atoms with van der Waals surface area (Å²) in [6.07, 6.45) is 1.62. The van der Waals surface area contributed by atoms with Gasteiger partial charge in [-0.1, -0.05) is 5.16 Å². The number of ether oxygens (including phenoxy) is 1. The van der Waals surface area contributed by atoms with Crippen molar-refractivity contribution >= 4 is 12.4 Å². The Morgan fingerprint density at radius 1 is 1.33 bits per heavy atom. The van der Waals surface area contributed by atoms with Crippen LogP contribution < -0.4 is 10.5 Å². The Morgan fingerprint density at radius 2 is 2.06 bits per heavy atom. The van der Waals surface area contributed by atoms with E-state index in [2.05, 4.69) is 15.1 Å². The zero-order chi connectivity index (χ0) is 12.5. The third-order valence-electron chi connectivity index (χ3n) is 2.18. The van der Waals surface area contributed by atoms with Crippen LogP contribution >= 0.6 is 12.4 Å². The van der Waals surface area contributed by atoms with Crippen LogP contribution in [0.4, 0.5) is 0 Å². The van der Waals surface area contributed by atoms with Crippen molar-refractivity contribution < 1.29 is 9.26 Å². The molecule has 0 amide bonds. The second-order valence-corrected chi connectivity index (χ2v) is 4.23.